The number of nitrogens with zero attached hydrogens (tertiary/aromatic N) is 4. The van der Waals surface area contributed by atoms with Gasteiger partial charge in [0.05, 0.1) is 6.54 Å². The average Bonchev–Trinajstić information content (AvgIpc) is 3.06. The molecule has 0 saturated heterocycles. The maximum atomic E-state index is 12.5. The smallest absolute Gasteiger partial charge is 0.274 e. The number of ether oxygens (including phenoxy) is 1. The molecule has 1 amide bonds. The van der Waals surface area contributed by atoms with E-state index in [1.54, 1.807) is 12.4 Å². The second-order valence-corrected chi connectivity index (χ2v) is 6.01. The zero-order chi connectivity index (χ0) is 16.4. The van der Waals surface area contributed by atoms with Gasteiger partial charge in [0.2, 0.25) is 0 Å². The first kappa shape index (κ1) is 15.5. The lowest BCUT2D eigenvalue weighted by molar-refractivity contribution is 0.0709. The molecule has 122 valence electrons. The molecule has 3 heterocycles. The minimum Gasteiger partial charge on any atom is -0.488 e. The number of hydrogen-bond acceptors (Lipinski definition) is 4. The Morgan fingerprint density at radius 1 is 1.43 bits per heavy atom. The van der Waals surface area contributed by atoms with Crippen LogP contribution >= 0.6 is 0 Å². The van der Waals surface area contributed by atoms with Gasteiger partial charge in [0.15, 0.2) is 5.69 Å². The van der Waals surface area contributed by atoms with Gasteiger partial charge in [-0.2, -0.15) is 5.10 Å². The standard InChI is InChI=1S/C17H22N4O2/c1-4-20(12(2)3)17(22)16-10-13-9-15(11-21(13)19-16)23-14-5-7-18-8-6-14/h5-8,10,12,15H,4,9,11H2,1-3H3/t15-/m0/s1. The lowest BCUT2D eigenvalue weighted by atomic mass is 10.2. The van der Waals surface area contributed by atoms with Crippen molar-refractivity contribution in [3.63, 3.8) is 0 Å². The van der Waals surface area contributed by atoms with Gasteiger partial charge in [0.25, 0.3) is 5.91 Å². The highest BCUT2D eigenvalue weighted by atomic mass is 16.5. The van der Waals surface area contributed by atoms with Crippen LogP contribution in [0, 0.1) is 0 Å². The number of carbonyl (C=O) groups excluding carboxylic acids is 1. The van der Waals surface area contributed by atoms with Crippen LogP contribution in [0.3, 0.4) is 0 Å². The molecule has 6 heteroatoms. The number of pyridine rings is 1. The van der Waals surface area contributed by atoms with Crippen LogP contribution in [0.25, 0.3) is 0 Å². The molecule has 23 heavy (non-hydrogen) atoms. The number of fused-ring (bicyclic) bond motifs is 1. The maximum Gasteiger partial charge on any atom is 0.274 e. The average molecular weight is 314 g/mol. The molecule has 2 aromatic heterocycles. The summed E-state index contributed by atoms with van der Waals surface area (Å²) in [6.07, 6.45) is 4.24. The number of amides is 1. The molecular weight excluding hydrogens is 292 g/mol. The quantitative estimate of drug-likeness (QED) is 0.848. The monoisotopic (exact) mass is 314 g/mol. The fourth-order valence-corrected chi connectivity index (χ4v) is 2.95. The zero-order valence-corrected chi connectivity index (χ0v) is 13.8. The zero-order valence-electron chi connectivity index (χ0n) is 13.8. The van der Waals surface area contributed by atoms with Gasteiger partial charge < -0.3 is 9.64 Å². The van der Waals surface area contributed by atoms with E-state index in [4.69, 9.17) is 4.74 Å². The molecule has 0 aromatic carbocycles. The molecule has 1 atom stereocenters. The van der Waals surface area contributed by atoms with E-state index >= 15 is 0 Å². The molecule has 1 aliphatic heterocycles. The van der Waals surface area contributed by atoms with Gasteiger partial charge >= 0.3 is 0 Å². The predicted molar refractivity (Wildman–Crippen MR) is 86.4 cm³/mol. The van der Waals surface area contributed by atoms with Crippen LogP contribution in [-0.2, 0) is 13.0 Å². The lowest BCUT2D eigenvalue weighted by Crippen LogP contribution is -2.37. The molecular formula is C17H22N4O2. The second kappa shape index (κ2) is 6.40. The van der Waals surface area contributed by atoms with E-state index in [-0.39, 0.29) is 18.1 Å². The summed E-state index contributed by atoms with van der Waals surface area (Å²) in [6.45, 7) is 7.37. The van der Waals surface area contributed by atoms with Gasteiger partial charge in [-0.1, -0.05) is 0 Å². The molecule has 0 bridgehead atoms. The summed E-state index contributed by atoms with van der Waals surface area (Å²) in [4.78, 5) is 18.3. The van der Waals surface area contributed by atoms with E-state index in [2.05, 4.69) is 10.1 Å². The summed E-state index contributed by atoms with van der Waals surface area (Å²) >= 11 is 0. The fraction of sp³-hybridized carbons (Fsp3) is 0.471. The summed E-state index contributed by atoms with van der Waals surface area (Å²) in [5.74, 6) is 0.806. The van der Waals surface area contributed by atoms with Crippen molar-refractivity contribution in [3.05, 3.63) is 42.0 Å². The predicted octanol–water partition coefficient (Wildman–Crippen LogP) is 2.15. The third-order valence-electron chi connectivity index (χ3n) is 4.07. The SMILES string of the molecule is CCN(C(=O)c1cc2n(n1)C[C@@H](Oc1ccncc1)C2)C(C)C. The first-order valence-corrected chi connectivity index (χ1v) is 8.03. The van der Waals surface area contributed by atoms with Crippen molar-refractivity contribution in [1.82, 2.24) is 19.7 Å². The van der Waals surface area contributed by atoms with Crippen LogP contribution < -0.4 is 4.74 Å². The van der Waals surface area contributed by atoms with Crippen LogP contribution in [0.1, 0.15) is 37.0 Å². The third-order valence-corrected chi connectivity index (χ3v) is 4.07. The Hall–Kier alpha value is -2.37. The molecule has 0 N–H and O–H groups in total. The number of aromatic nitrogens is 3. The molecule has 0 fully saturated rings. The van der Waals surface area contributed by atoms with Gasteiger partial charge in [0, 0.05) is 37.1 Å². The Kier molecular flexibility index (Phi) is 4.32. The highest BCUT2D eigenvalue weighted by Crippen LogP contribution is 2.21. The first-order chi connectivity index (χ1) is 11.1. The Morgan fingerprint density at radius 2 is 2.17 bits per heavy atom. The van der Waals surface area contributed by atoms with E-state index < -0.39 is 0 Å². The number of hydrogen-bond donors (Lipinski definition) is 0. The number of carbonyl (C=O) groups is 1. The largest absolute Gasteiger partial charge is 0.488 e. The van der Waals surface area contributed by atoms with Crippen molar-refractivity contribution in [3.8, 4) is 5.75 Å². The minimum absolute atomic E-state index is 0.00370. The Morgan fingerprint density at radius 3 is 2.78 bits per heavy atom. The second-order valence-electron chi connectivity index (χ2n) is 6.01. The molecule has 0 spiro atoms. The molecule has 2 aromatic rings. The van der Waals surface area contributed by atoms with Gasteiger partial charge in [0.1, 0.15) is 11.9 Å². The Bertz CT molecular complexity index is 658. The van der Waals surface area contributed by atoms with E-state index in [1.807, 2.05) is 48.6 Å². The fourth-order valence-electron chi connectivity index (χ4n) is 2.95. The van der Waals surface area contributed by atoms with Crippen LogP contribution in [0.15, 0.2) is 30.6 Å². The van der Waals surface area contributed by atoms with Crippen molar-refractivity contribution >= 4 is 5.91 Å². The van der Waals surface area contributed by atoms with Crippen LogP contribution in [0.2, 0.25) is 0 Å². The highest BCUT2D eigenvalue weighted by Gasteiger charge is 2.28. The van der Waals surface area contributed by atoms with Gasteiger partial charge in [-0.3, -0.25) is 14.5 Å². The molecule has 0 aliphatic carbocycles. The summed E-state index contributed by atoms with van der Waals surface area (Å²) in [6, 6.07) is 5.76. The van der Waals surface area contributed by atoms with Gasteiger partial charge in [-0.05, 0) is 39.0 Å². The van der Waals surface area contributed by atoms with Crippen LogP contribution in [-0.4, -0.2) is 44.3 Å². The molecule has 0 unspecified atom stereocenters. The normalized spacial score (nSPS) is 16.4. The van der Waals surface area contributed by atoms with E-state index in [0.29, 0.717) is 18.8 Å². The third kappa shape index (κ3) is 3.21. The Labute approximate surface area is 136 Å². The Balaban J connectivity index is 1.67. The van der Waals surface area contributed by atoms with Crippen molar-refractivity contribution in [2.24, 2.45) is 0 Å². The van der Waals surface area contributed by atoms with E-state index in [9.17, 15) is 4.79 Å². The van der Waals surface area contributed by atoms with Crippen molar-refractivity contribution in [2.75, 3.05) is 6.54 Å². The summed E-state index contributed by atoms with van der Waals surface area (Å²) in [5, 5.41) is 4.47. The molecule has 1 aliphatic rings. The van der Waals surface area contributed by atoms with E-state index in [0.717, 1.165) is 17.9 Å². The molecule has 0 saturated carbocycles. The lowest BCUT2D eigenvalue weighted by Gasteiger charge is -2.24. The molecule has 0 radical (unpaired) electrons. The topological polar surface area (TPSA) is 60.2 Å². The van der Waals surface area contributed by atoms with Gasteiger partial charge in [-0.25, -0.2) is 0 Å². The molecule has 6 nitrogen and oxygen atoms in total. The number of rotatable bonds is 5. The van der Waals surface area contributed by atoms with Crippen molar-refractivity contribution < 1.29 is 9.53 Å². The summed E-state index contributed by atoms with van der Waals surface area (Å²) in [7, 11) is 0. The first-order valence-electron chi connectivity index (χ1n) is 8.03. The van der Waals surface area contributed by atoms with Gasteiger partial charge in [-0.15, -0.1) is 0 Å². The minimum atomic E-state index is -0.00370. The molecule has 3 rings (SSSR count). The van der Waals surface area contributed by atoms with Crippen molar-refractivity contribution in [1.29, 1.82) is 0 Å². The summed E-state index contributed by atoms with van der Waals surface area (Å²) < 4.78 is 7.81. The summed E-state index contributed by atoms with van der Waals surface area (Å²) in [5.41, 5.74) is 1.57. The van der Waals surface area contributed by atoms with E-state index in [1.165, 1.54) is 0 Å². The van der Waals surface area contributed by atoms with Crippen LogP contribution in [0.5, 0.6) is 5.75 Å². The van der Waals surface area contributed by atoms with Crippen LogP contribution in [0.4, 0.5) is 0 Å². The van der Waals surface area contributed by atoms with Crippen molar-refractivity contribution in [2.45, 2.75) is 45.9 Å². The highest BCUT2D eigenvalue weighted by molar-refractivity contribution is 5.92. The maximum absolute atomic E-state index is 12.5.